The van der Waals surface area contributed by atoms with Crippen molar-refractivity contribution in [2.45, 2.75) is 38.1 Å². The first kappa shape index (κ1) is 22.0. The van der Waals surface area contributed by atoms with Crippen LogP contribution in [0.25, 0.3) is 6.08 Å². The van der Waals surface area contributed by atoms with Crippen molar-refractivity contribution >= 4 is 46.3 Å². The van der Waals surface area contributed by atoms with Gasteiger partial charge in [-0.15, -0.1) is 0 Å². The topological polar surface area (TPSA) is 67.2 Å². The van der Waals surface area contributed by atoms with E-state index in [9.17, 15) is 9.59 Å². The second-order valence-corrected chi connectivity index (χ2v) is 7.86. The zero-order valence-corrected chi connectivity index (χ0v) is 18.1. The highest BCUT2D eigenvalue weighted by Crippen LogP contribution is 2.23. The Morgan fingerprint density at radius 3 is 2.57 bits per heavy atom. The second-order valence-electron chi connectivity index (χ2n) is 6.48. The maximum atomic E-state index is 12.2. The largest absolute Gasteiger partial charge is 0.339 e. The number of anilines is 1. The molecule has 0 aliphatic rings. The lowest BCUT2D eigenvalue weighted by Crippen LogP contribution is -2.16. The molecule has 1 heterocycles. The Morgan fingerprint density at radius 2 is 1.96 bits per heavy atom. The Kier molecular flexibility index (Phi) is 8.14. The van der Waals surface area contributed by atoms with Crippen molar-refractivity contribution in [1.29, 1.82) is 0 Å². The van der Waals surface area contributed by atoms with E-state index >= 15 is 0 Å². The van der Waals surface area contributed by atoms with Crippen LogP contribution in [-0.2, 0) is 11.3 Å². The standard InChI is InChI=1S/C20H25ClN4O2S/c1-5-6-13-25-19(21)17(14(2)23-25)11-12-18(26)22-15-7-9-16(10-8-15)28-20(27)24(3)4/h7-12H,5-6,13H2,1-4H3,(H,22,26)/b12-11+. The van der Waals surface area contributed by atoms with Gasteiger partial charge in [-0.1, -0.05) is 24.9 Å². The second kappa shape index (κ2) is 10.3. The Morgan fingerprint density at radius 1 is 1.29 bits per heavy atom. The monoisotopic (exact) mass is 420 g/mol. The molecule has 6 nitrogen and oxygen atoms in total. The zero-order chi connectivity index (χ0) is 20.7. The Hall–Kier alpha value is -2.25. The number of aryl methyl sites for hydroxylation is 2. The normalized spacial score (nSPS) is 11.0. The molecule has 0 atom stereocenters. The van der Waals surface area contributed by atoms with Gasteiger partial charge in [-0.2, -0.15) is 5.10 Å². The maximum absolute atomic E-state index is 12.2. The molecule has 2 rings (SSSR count). The molecule has 0 saturated carbocycles. The van der Waals surface area contributed by atoms with E-state index in [1.807, 2.05) is 6.92 Å². The van der Waals surface area contributed by atoms with Gasteiger partial charge in [0.2, 0.25) is 5.91 Å². The number of amides is 2. The fraction of sp³-hybridized carbons (Fsp3) is 0.350. The highest BCUT2D eigenvalue weighted by atomic mass is 35.5. The molecule has 0 bridgehead atoms. The fourth-order valence-corrected chi connectivity index (χ4v) is 3.33. The molecular weight excluding hydrogens is 396 g/mol. The molecular formula is C20H25ClN4O2S. The predicted molar refractivity (Wildman–Crippen MR) is 116 cm³/mol. The zero-order valence-electron chi connectivity index (χ0n) is 16.5. The molecule has 0 fully saturated rings. The van der Waals surface area contributed by atoms with E-state index in [-0.39, 0.29) is 11.1 Å². The smallest absolute Gasteiger partial charge is 0.285 e. The first-order valence-electron chi connectivity index (χ1n) is 9.03. The number of nitrogens with one attached hydrogen (secondary N) is 1. The molecule has 0 unspecified atom stereocenters. The number of hydrogen-bond acceptors (Lipinski definition) is 4. The molecule has 0 aliphatic heterocycles. The summed E-state index contributed by atoms with van der Waals surface area (Å²) in [4.78, 5) is 26.2. The molecule has 2 aromatic rings. The van der Waals surface area contributed by atoms with E-state index in [1.54, 1.807) is 49.1 Å². The van der Waals surface area contributed by atoms with Crippen LogP contribution in [0.3, 0.4) is 0 Å². The number of hydrogen-bond donors (Lipinski definition) is 1. The maximum Gasteiger partial charge on any atom is 0.285 e. The number of nitrogens with zero attached hydrogens (tertiary/aromatic N) is 3. The summed E-state index contributed by atoms with van der Waals surface area (Å²) >= 11 is 7.51. The van der Waals surface area contributed by atoms with Crippen molar-refractivity contribution in [3.05, 3.63) is 46.8 Å². The third-order valence-electron chi connectivity index (χ3n) is 3.93. The van der Waals surface area contributed by atoms with E-state index in [0.29, 0.717) is 10.8 Å². The lowest BCUT2D eigenvalue weighted by atomic mass is 10.2. The molecule has 0 radical (unpaired) electrons. The number of unbranched alkanes of at least 4 members (excludes halogenated alkanes) is 1. The van der Waals surface area contributed by atoms with Gasteiger partial charge in [0.05, 0.1) is 5.69 Å². The molecule has 28 heavy (non-hydrogen) atoms. The summed E-state index contributed by atoms with van der Waals surface area (Å²) in [6, 6.07) is 7.12. The Bertz CT molecular complexity index is 860. The van der Waals surface area contributed by atoms with Crippen LogP contribution < -0.4 is 5.32 Å². The molecule has 0 aliphatic carbocycles. The minimum Gasteiger partial charge on any atom is -0.339 e. The van der Waals surface area contributed by atoms with Crippen LogP contribution in [0, 0.1) is 6.92 Å². The number of halogens is 1. The summed E-state index contributed by atoms with van der Waals surface area (Å²) in [6.45, 7) is 4.75. The van der Waals surface area contributed by atoms with Crippen molar-refractivity contribution < 1.29 is 9.59 Å². The van der Waals surface area contributed by atoms with Gasteiger partial charge in [-0.3, -0.25) is 14.3 Å². The van der Waals surface area contributed by atoms with Gasteiger partial charge in [-0.25, -0.2) is 0 Å². The van der Waals surface area contributed by atoms with Gasteiger partial charge in [0.15, 0.2) is 0 Å². The van der Waals surface area contributed by atoms with Crippen LogP contribution in [0.1, 0.15) is 31.0 Å². The molecule has 1 aromatic carbocycles. The van der Waals surface area contributed by atoms with E-state index in [4.69, 9.17) is 11.6 Å². The quantitative estimate of drug-likeness (QED) is 0.501. The highest BCUT2D eigenvalue weighted by molar-refractivity contribution is 8.13. The number of benzene rings is 1. The Balaban J connectivity index is 1.98. The van der Waals surface area contributed by atoms with Gasteiger partial charge in [0, 0.05) is 42.9 Å². The predicted octanol–water partition coefficient (Wildman–Crippen LogP) is 5.07. The van der Waals surface area contributed by atoms with E-state index in [0.717, 1.165) is 47.3 Å². The van der Waals surface area contributed by atoms with E-state index in [1.165, 1.54) is 11.0 Å². The van der Waals surface area contributed by atoms with Crippen molar-refractivity contribution in [2.24, 2.45) is 0 Å². The molecule has 150 valence electrons. The summed E-state index contributed by atoms with van der Waals surface area (Å²) in [5.41, 5.74) is 2.19. The number of aromatic nitrogens is 2. The summed E-state index contributed by atoms with van der Waals surface area (Å²) in [6.07, 6.45) is 5.18. The van der Waals surface area contributed by atoms with Crippen molar-refractivity contribution in [3.8, 4) is 0 Å². The summed E-state index contributed by atoms with van der Waals surface area (Å²) in [7, 11) is 3.41. The van der Waals surface area contributed by atoms with Crippen LogP contribution in [-0.4, -0.2) is 39.9 Å². The average Bonchev–Trinajstić information content (AvgIpc) is 2.93. The summed E-state index contributed by atoms with van der Waals surface area (Å²) in [5.74, 6) is -0.262. The third kappa shape index (κ3) is 6.14. The lowest BCUT2D eigenvalue weighted by molar-refractivity contribution is -0.111. The molecule has 2 amide bonds. The number of rotatable bonds is 7. The average molecular weight is 421 g/mol. The van der Waals surface area contributed by atoms with Gasteiger partial charge in [0.25, 0.3) is 5.24 Å². The van der Waals surface area contributed by atoms with Crippen molar-refractivity contribution in [3.63, 3.8) is 0 Å². The minimum atomic E-state index is -0.262. The van der Waals surface area contributed by atoms with Crippen LogP contribution in [0.4, 0.5) is 10.5 Å². The first-order valence-corrected chi connectivity index (χ1v) is 10.2. The highest BCUT2D eigenvalue weighted by Gasteiger charge is 2.11. The van der Waals surface area contributed by atoms with Gasteiger partial charge >= 0.3 is 0 Å². The minimum absolute atomic E-state index is 0.0496. The van der Waals surface area contributed by atoms with Crippen LogP contribution in [0.15, 0.2) is 35.2 Å². The first-order chi connectivity index (χ1) is 13.3. The van der Waals surface area contributed by atoms with Crippen LogP contribution in [0.5, 0.6) is 0 Å². The van der Waals surface area contributed by atoms with Crippen LogP contribution >= 0.6 is 23.4 Å². The summed E-state index contributed by atoms with van der Waals surface area (Å²) in [5, 5.41) is 7.71. The fourth-order valence-electron chi connectivity index (χ4n) is 2.35. The van der Waals surface area contributed by atoms with Gasteiger partial charge in [-0.05, 0) is 55.4 Å². The SMILES string of the molecule is CCCCn1nc(C)c(/C=C/C(=O)Nc2ccc(SC(=O)N(C)C)cc2)c1Cl. The van der Waals surface area contributed by atoms with Gasteiger partial charge in [0.1, 0.15) is 5.15 Å². The van der Waals surface area contributed by atoms with E-state index < -0.39 is 0 Å². The molecule has 1 aromatic heterocycles. The summed E-state index contributed by atoms with van der Waals surface area (Å²) < 4.78 is 1.77. The van der Waals surface area contributed by atoms with E-state index in [2.05, 4.69) is 17.3 Å². The molecule has 1 N–H and O–H groups in total. The van der Waals surface area contributed by atoms with Crippen molar-refractivity contribution in [2.75, 3.05) is 19.4 Å². The van der Waals surface area contributed by atoms with Crippen LogP contribution in [0.2, 0.25) is 5.15 Å². The number of carbonyl (C=O) groups excluding carboxylic acids is 2. The third-order valence-corrected chi connectivity index (χ3v) is 5.37. The molecule has 8 heteroatoms. The van der Waals surface area contributed by atoms with Gasteiger partial charge < -0.3 is 10.2 Å². The lowest BCUT2D eigenvalue weighted by Gasteiger charge is -2.09. The number of carbonyl (C=O) groups is 2. The van der Waals surface area contributed by atoms with Crippen molar-refractivity contribution in [1.82, 2.24) is 14.7 Å². The Labute approximate surface area is 174 Å². The number of thioether (sulfide) groups is 1. The molecule has 0 spiro atoms. The molecule has 0 saturated heterocycles.